The summed E-state index contributed by atoms with van der Waals surface area (Å²) in [7, 11) is 0. The lowest BCUT2D eigenvalue weighted by Crippen LogP contribution is -2.29. The first kappa shape index (κ1) is 15.1. The van der Waals surface area contributed by atoms with Crippen LogP contribution < -0.4 is 4.90 Å². The number of aliphatic carboxylic acids is 1. The molecule has 1 N–H and O–H groups in total. The Kier molecular flexibility index (Phi) is 5.25. The van der Waals surface area contributed by atoms with Crippen LogP contribution in [-0.2, 0) is 11.3 Å². The van der Waals surface area contributed by atoms with E-state index in [2.05, 4.69) is 22.6 Å². The van der Waals surface area contributed by atoms with Gasteiger partial charge in [-0.3, -0.25) is 4.79 Å². The molecule has 0 aromatic heterocycles. The zero-order valence-electron chi connectivity index (χ0n) is 10.6. The molecular formula is C15H13ClINO2. The highest BCUT2D eigenvalue weighted by Crippen LogP contribution is 2.20. The van der Waals surface area contributed by atoms with Crippen LogP contribution in [0.5, 0.6) is 0 Å². The summed E-state index contributed by atoms with van der Waals surface area (Å²) in [6, 6.07) is 15.2. The van der Waals surface area contributed by atoms with Crippen molar-refractivity contribution in [3.63, 3.8) is 0 Å². The van der Waals surface area contributed by atoms with Crippen LogP contribution in [0.2, 0.25) is 5.02 Å². The van der Waals surface area contributed by atoms with E-state index in [0.29, 0.717) is 11.6 Å². The molecule has 0 aliphatic carbocycles. The van der Waals surface area contributed by atoms with Crippen molar-refractivity contribution in [2.45, 2.75) is 6.54 Å². The van der Waals surface area contributed by atoms with Gasteiger partial charge in [0, 0.05) is 20.8 Å². The van der Waals surface area contributed by atoms with Crippen LogP contribution in [0.25, 0.3) is 0 Å². The Morgan fingerprint density at radius 1 is 1.10 bits per heavy atom. The second-order valence-corrected chi connectivity index (χ2v) is 6.03. The number of carbonyl (C=O) groups is 1. The average Bonchev–Trinajstić information content (AvgIpc) is 2.41. The van der Waals surface area contributed by atoms with E-state index in [-0.39, 0.29) is 6.54 Å². The zero-order chi connectivity index (χ0) is 14.5. The molecule has 0 aliphatic rings. The van der Waals surface area contributed by atoms with Gasteiger partial charge in [0.05, 0.1) is 0 Å². The van der Waals surface area contributed by atoms with Crippen LogP contribution in [0, 0.1) is 3.57 Å². The summed E-state index contributed by atoms with van der Waals surface area (Å²) in [4.78, 5) is 12.8. The van der Waals surface area contributed by atoms with Gasteiger partial charge in [-0.1, -0.05) is 23.7 Å². The Morgan fingerprint density at radius 2 is 1.70 bits per heavy atom. The highest BCUT2D eigenvalue weighted by Gasteiger charge is 2.11. The van der Waals surface area contributed by atoms with Crippen LogP contribution >= 0.6 is 34.2 Å². The Morgan fingerprint density at radius 3 is 2.25 bits per heavy atom. The minimum absolute atomic E-state index is 0.0480. The summed E-state index contributed by atoms with van der Waals surface area (Å²) in [6.07, 6.45) is 0. The molecule has 2 aromatic carbocycles. The molecule has 0 amide bonds. The van der Waals surface area contributed by atoms with Crippen molar-refractivity contribution in [2.24, 2.45) is 0 Å². The summed E-state index contributed by atoms with van der Waals surface area (Å²) < 4.78 is 1.16. The van der Waals surface area contributed by atoms with Crippen molar-refractivity contribution >= 4 is 45.8 Å². The normalized spacial score (nSPS) is 10.3. The van der Waals surface area contributed by atoms with E-state index in [1.54, 1.807) is 17.0 Å². The molecule has 0 radical (unpaired) electrons. The molecule has 0 heterocycles. The fraction of sp³-hybridized carbons (Fsp3) is 0.133. The SMILES string of the molecule is O=C(O)CN(Cc1ccc(I)cc1)c1ccc(Cl)cc1. The largest absolute Gasteiger partial charge is 0.480 e. The Labute approximate surface area is 136 Å². The molecule has 0 saturated carbocycles. The topological polar surface area (TPSA) is 40.5 Å². The van der Waals surface area contributed by atoms with E-state index in [0.717, 1.165) is 14.8 Å². The molecular weight excluding hydrogens is 389 g/mol. The van der Waals surface area contributed by atoms with Gasteiger partial charge in [-0.15, -0.1) is 0 Å². The maximum absolute atomic E-state index is 11.0. The summed E-state index contributed by atoms with van der Waals surface area (Å²) in [6.45, 7) is 0.498. The van der Waals surface area contributed by atoms with Crippen molar-refractivity contribution in [3.05, 3.63) is 62.7 Å². The van der Waals surface area contributed by atoms with Crippen molar-refractivity contribution in [3.8, 4) is 0 Å². The quantitative estimate of drug-likeness (QED) is 0.769. The van der Waals surface area contributed by atoms with E-state index in [9.17, 15) is 4.79 Å². The number of benzene rings is 2. The maximum Gasteiger partial charge on any atom is 0.323 e. The van der Waals surface area contributed by atoms with E-state index < -0.39 is 5.97 Å². The van der Waals surface area contributed by atoms with Crippen LogP contribution in [0.15, 0.2) is 48.5 Å². The van der Waals surface area contributed by atoms with Gasteiger partial charge < -0.3 is 10.0 Å². The standard InChI is InChI=1S/C15H13ClINO2/c16-12-3-7-14(8-4-12)18(10-15(19)20)9-11-1-5-13(17)6-2-11/h1-8H,9-10H2,(H,19,20). The summed E-state index contributed by atoms with van der Waals surface area (Å²) >= 11 is 8.11. The molecule has 0 fully saturated rings. The average molecular weight is 402 g/mol. The number of hydrogen-bond acceptors (Lipinski definition) is 2. The van der Waals surface area contributed by atoms with Crippen LogP contribution in [-0.4, -0.2) is 17.6 Å². The minimum atomic E-state index is -0.856. The second kappa shape index (κ2) is 6.95. The molecule has 2 aromatic rings. The first-order valence-electron chi connectivity index (χ1n) is 6.01. The number of hydrogen-bond donors (Lipinski definition) is 1. The lowest BCUT2D eigenvalue weighted by Gasteiger charge is -2.23. The third kappa shape index (κ3) is 4.38. The predicted octanol–water partition coefficient (Wildman–Crippen LogP) is 4.04. The van der Waals surface area contributed by atoms with Gasteiger partial charge in [-0.25, -0.2) is 0 Å². The van der Waals surface area contributed by atoms with Gasteiger partial charge in [-0.05, 0) is 64.6 Å². The highest BCUT2D eigenvalue weighted by molar-refractivity contribution is 14.1. The highest BCUT2D eigenvalue weighted by atomic mass is 127. The van der Waals surface area contributed by atoms with Crippen molar-refractivity contribution in [1.29, 1.82) is 0 Å². The molecule has 0 unspecified atom stereocenters. The number of rotatable bonds is 5. The maximum atomic E-state index is 11.0. The Hall–Kier alpha value is -1.27. The van der Waals surface area contributed by atoms with Crippen molar-refractivity contribution in [1.82, 2.24) is 0 Å². The second-order valence-electron chi connectivity index (χ2n) is 4.35. The lowest BCUT2D eigenvalue weighted by molar-refractivity contribution is -0.135. The third-order valence-electron chi connectivity index (χ3n) is 2.80. The summed E-state index contributed by atoms with van der Waals surface area (Å²) in [5.74, 6) is -0.856. The zero-order valence-corrected chi connectivity index (χ0v) is 13.5. The Bertz CT molecular complexity index is 584. The first-order valence-corrected chi connectivity index (χ1v) is 7.47. The monoisotopic (exact) mass is 401 g/mol. The third-order valence-corrected chi connectivity index (χ3v) is 3.78. The van der Waals surface area contributed by atoms with E-state index in [1.807, 2.05) is 36.4 Å². The van der Waals surface area contributed by atoms with Crippen LogP contribution in [0.1, 0.15) is 5.56 Å². The molecule has 5 heteroatoms. The van der Waals surface area contributed by atoms with Gasteiger partial charge >= 0.3 is 5.97 Å². The molecule has 3 nitrogen and oxygen atoms in total. The van der Waals surface area contributed by atoms with Gasteiger partial charge in [0.1, 0.15) is 6.54 Å². The fourth-order valence-corrected chi connectivity index (χ4v) is 2.35. The fourth-order valence-electron chi connectivity index (χ4n) is 1.86. The number of carboxylic acid groups (broad SMARTS) is 1. The minimum Gasteiger partial charge on any atom is -0.480 e. The Balaban J connectivity index is 2.21. The molecule has 0 spiro atoms. The molecule has 0 bridgehead atoms. The van der Waals surface area contributed by atoms with E-state index in [1.165, 1.54) is 0 Å². The smallest absolute Gasteiger partial charge is 0.323 e. The molecule has 0 atom stereocenters. The van der Waals surface area contributed by atoms with Crippen molar-refractivity contribution in [2.75, 3.05) is 11.4 Å². The lowest BCUT2D eigenvalue weighted by atomic mass is 10.2. The molecule has 20 heavy (non-hydrogen) atoms. The van der Waals surface area contributed by atoms with Gasteiger partial charge in [0.15, 0.2) is 0 Å². The molecule has 104 valence electrons. The van der Waals surface area contributed by atoms with Gasteiger partial charge in [-0.2, -0.15) is 0 Å². The van der Waals surface area contributed by atoms with Crippen LogP contribution in [0.4, 0.5) is 5.69 Å². The van der Waals surface area contributed by atoms with Crippen molar-refractivity contribution < 1.29 is 9.90 Å². The number of carboxylic acids is 1. The predicted molar refractivity (Wildman–Crippen MR) is 89.3 cm³/mol. The van der Waals surface area contributed by atoms with E-state index in [4.69, 9.17) is 16.7 Å². The summed E-state index contributed by atoms with van der Waals surface area (Å²) in [5, 5.41) is 9.69. The molecule has 0 aliphatic heterocycles. The van der Waals surface area contributed by atoms with Gasteiger partial charge in [0.25, 0.3) is 0 Å². The van der Waals surface area contributed by atoms with Gasteiger partial charge in [0.2, 0.25) is 0 Å². The first-order chi connectivity index (χ1) is 9.54. The molecule has 0 saturated heterocycles. The molecule has 2 rings (SSSR count). The summed E-state index contributed by atoms with van der Waals surface area (Å²) in [5.41, 5.74) is 1.91. The van der Waals surface area contributed by atoms with E-state index >= 15 is 0 Å². The number of nitrogens with zero attached hydrogens (tertiary/aromatic N) is 1. The van der Waals surface area contributed by atoms with Crippen LogP contribution in [0.3, 0.4) is 0 Å². The number of anilines is 1. The number of halogens is 2.